The molecular formula is C60H92FN12O23Si-3. The van der Waals surface area contributed by atoms with Gasteiger partial charge in [0, 0.05) is 123 Å². The van der Waals surface area contributed by atoms with Crippen LogP contribution in [0.5, 0.6) is 0 Å². The van der Waals surface area contributed by atoms with Crippen molar-refractivity contribution in [2.24, 2.45) is 0 Å². The van der Waals surface area contributed by atoms with E-state index in [2.05, 4.69) is 31.9 Å². The number of hydrogen-bond acceptors (Lipinski definition) is 22. The summed E-state index contributed by atoms with van der Waals surface area (Å²) in [5.41, 5.74) is -0.00875. The summed E-state index contributed by atoms with van der Waals surface area (Å²) in [6, 6.07) is -3.64. The normalized spacial score (nSPS) is 15.5. The van der Waals surface area contributed by atoms with Crippen LogP contribution >= 0.6 is 0 Å². The summed E-state index contributed by atoms with van der Waals surface area (Å²) in [5.74, 6) is -16.5. The van der Waals surface area contributed by atoms with Crippen molar-refractivity contribution in [2.75, 3.05) is 98.2 Å². The van der Waals surface area contributed by atoms with Crippen LogP contribution in [0.3, 0.4) is 0 Å². The second-order valence-electron chi connectivity index (χ2n) is 25.4. The maximum atomic E-state index is 17.2. The van der Waals surface area contributed by atoms with Gasteiger partial charge in [-0.2, -0.15) is 0 Å². The zero-order chi connectivity index (χ0) is 73.4. The lowest BCUT2D eigenvalue weighted by molar-refractivity contribution is -0.308. The number of carbonyl (C=O) groups is 15. The molecular weight excluding hydrogens is 1300 g/mol. The third-order valence-corrected chi connectivity index (χ3v) is 20.9. The van der Waals surface area contributed by atoms with E-state index in [4.69, 9.17) is 5.11 Å². The first-order valence-corrected chi connectivity index (χ1v) is 33.3. The van der Waals surface area contributed by atoms with E-state index in [9.17, 15) is 108 Å². The van der Waals surface area contributed by atoms with E-state index in [1.165, 1.54) is 39.0 Å². The molecule has 1 saturated heterocycles. The largest absolute Gasteiger partial charge is 0.549 e. The van der Waals surface area contributed by atoms with Crippen molar-refractivity contribution in [1.82, 2.24) is 62.1 Å². The molecule has 2 rings (SSSR count). The van der Waals surface area contributed by atoms with Crippen LogP contribution in [-0.4, -0.2) is 271 Å². The predicted molar refractivity (Wildman–Crippen MR) is 336 cm³/mol. The van der Waals surface area contributed by atoms with Gasteiger partial charge in [0.25, 0.3) is 14.3 Å². The Morgan fingerprint density at radius 3 is 1.23 bits per heavy atom. The minimum absolute atomic E-state index is 0.000188. The van der Waals surface area contributed by atoms with Gasteiger partial charge in [-0.15, -0.1) is 0 Å². The third-order valence-electron chi connectivity index (χ3n) is 15.7. The molecule has 8 amide bonds. The molecule has 97 heavy (non-hydrogen) atoms. The number of nitrogens with zero attached hydrogens (tertiary/aromatic N) is 4. The van der Waals surface area contributed by atoms with E-state index in [0.29, 0.717) is 5.19 Å². The predicted octanol–water partition coefficient (Wildman–Crippen LogP) is -5.95. The third kappa shape index (κ3) is 32.1. The Kier molecular flexibility index (Phi) is 35.8. The van der Waals surface area contributed by atoms with Gasteiger partial charge < -0.3 is 102 Å². The molecule has 544 valence electrons. The van der Waals surface area contributed by atoms with E-state index in [1.54, 1.807) is 46.4 Å². The van der Waals surface area contributed by atoms with Gasteiger partial charge in [0.2, 0.25) is 29.5 Å². The number of hydrogen-bond donors (Lipinski definition) is 13. The maximum absolute atomic E-state index is 17.2. The number of unbranched alkanes of at least 4 members (excludes halogenated alkanes) is 1. The SMILES string of the molecule is CC(C)(C)[Si](F)(c1ccc(C(=O)NC(CNC(=O)CN2CCN(CC(=O)[O-])CCN(CC(=O)[O-])CCN(CC(=O)[O-])CC2)C(=O)NC(CCCCNC(=O)CCC(=O)NCCCC(NC(=O)CC[C@H](NC(=O)N[C@@H](CCC(=O)O)C(=O)O)C(=O)O)C(=O)O)C(=O)O)cc1)C(C)(C)C. The summed E-state index contributed by atoms with van der Waals surface area (Å²) in [6.07, 6.45) is -3.05. The van der Waals surface area contributed by atoms with Gasteiger partial charge >= 0.3 is 35.9 Å². The topological polar surface area (TPSA) is 536 Å². The fourth-order valence-electron chi connectivity index (χ4n) is 10.6. The number of carbonyl (C=O) groups excluding carboxylic acids is 10. The molecule has 1 heterocycles. The van der Waals surface area contributed by atoms with Crippen molar-refractivity contribution < 1.29 is 117 Å². The molecule has 13 N–H and O–H groups in total. The first-order valence-electron chi connectivity index (χ1n) is 31.4. The molecule has 0 bridgehead atoms. The van der Waals surface area contributed by atoms with Crippen LogP contribution in [0.1, 0.15) is 123 Å². The fourth-order valence-corrected chi connectivity index (χ4v) is 15.2. The first kappa shape index (κ1) is 84.1. The van der Waals surface area contributed by atoms with E-state index in [0.717, 1.165) is 0 Å². The lowest BCUT2D eigenvalue weighted by Gasteiger charge is -2.44. The van der Waals surface area contributed by atoms with Crippen molar-refractivity contribution in [2.45, 2.75) is 152 Å². The van der Waals surface area contributed by atoms with E-state index >= 15 is 4.11 Å². The van der Waals surface area contributed by atoms with Crippen molar-refractivity contribution in [3.63, 3.8) is 0 Å². The van der Waals surface area contributed by atoms with Gasteiger partial charge in [-0.3, -0.25) is 53.2 Å². The molecule has 5 atom stereocenters. The zero-order valence-corrected chi connectivity index (χ0v) is 56.3. The maximum Gasteiger partial charge on any atom is 0.326 e. The summed E-state index contributed by atoms with van der Waals surface area (Å²) < 4.78 is 17.2. The summed E-state index contributed by atoms with van der Waals surface area (Å²) in [5, 5.41) is 99.8. The monoisotopic (exact) mass is 1400 g/mol. The lowest BCUT2D eigenvalue weighted by atomic mass is 10.1. The number of halogens is 1. The molecule has 1 fully saturated rings. The summed E-state index contributed by atoms with van der Waals surface area (Å²) >= 11 is 0. The molecule has 1 aromatic rings. The highest BCUT2D eigenvalue weighted by Crippen LogP contribution is 2.51. The van der Waals surface area contributed by atoms with Gasteiger partial charge in [0.05, 0.1) is 24.5 Å². The van der Waals surface area contributed by atoms with Crippen molar-refractivity contribution in [1.29, 1.82) is 0 Å². The van der Waals surface area contributed by atoms with Crippen LogP contribution in [-0.2, 0) is 62.3 Å². The highest BCUT2D eigenvalue weighted by Gasteiger charge is 2.56. The van der Waals surface area contributed by atoms with Gasteiger partial charge in [0.1, 0.15) is 30.2 Å². The Balaban J connectivity index is 2.09. The number of aliphatic carboxylic acids is 8. The van der Waals surface area contributed by atoms with Crippen LogP contribution < -0.4 is 63.0 Å². The Bertz CT molecular complexity index is 2870. The Morgan fingerprint density at radius 1 is 0.443 bits per heavy atom. The summed E-state index contributed by atoms with van der Waals surface area (Å²) in [7, 11) is -3.79. The molecule has 0 aromatic heterocycles. The first-order chi connectivity index (χ1) is 45.2. The van der Waals surface area contributed by atoms with E-state index in [-0.39, 0.29) is 116 Å². The van der Waals surface area contributed by atoms with Crippen LogP contribution in [0.4, 0.5) is 8.90 Å². The summed E-state index contributed by atoms with van der Waals surface area (Å²) in [6.45, 7) is 8.26. The number of carboxylic acid groups (broad SMARTS) is 8. The molecule has 35 nitrogen and oxygen atoms in total. The van der Waals surface area contributed by atoms with Crippen LogP contribution in [0, 0.1) is 0 Å². The van der Waals surface area contributed by atoms with E-state index in [1.807, 2.05) is 10.6 Å². The van der Waals surface area contributed by atoms with Crippen molar-refractivity contribution >= 4 is 103 Å². The number of benzene rings is 1. The van der Waals surface area contributed by atoms with Gasteiger partial charge in [-0.05, 0) is 72.3 Å². The van der Waals surface area contributed by atoms with Gasteiger partial charge in [-0.25, -0.2) is 24.0 Å². The Hall–Kier alpha value is -8.94. The van der Waals surface area contributed by atoms with E-state index < -0.39 is 196 Å². The van der Waals surface area contributed by atoms with Gasteiger partial charge in [-0.1, -0.05) is 53.7 Å². The van der Waals surface area contributed by atoms with Crippen LogP contribution in [0.15, 0.2) is 24.3 Å². The minimum Gasteiger partial charge on any atom is -0.549 e. The number of carboxylic acids is 8. The number of urea groups is 1. The Labute approximate surface area is 560 Å². The number of rotatable bonds is 40. The molecule has 0 spiro atoms. The molecule has 1 aromatic carbocycles. The highest BCUT2D eigenvalue weighted by molar-refractivity contribution is 6.90. The molecule has 1 aliphatic rings. The molecule has 1 aliphatic heterocycles. The fraction of sp³-hybridized carbons (Fsp3) is 0.650. The van der Waals surface area contributed by atoms with Crippen LogP contribution in [0.25, 0.3) is 0 Å². The smallest absolute Gasteiger partial charge is 0.326 e. The van der Waals surface area contributed by atoms with Crippen LogP contribution in [0.2, 0.25) is 10.1 Å². The summed E-state index contributed by atoms with van der Waals surface area (Å²) in [4.78, 5) is 191. The standard InChI is InChI=1S/C60H95FN12O23Si/c1-59(2,3)97(61,60(4,5)6)38-14-12-37(13-15-38)52(86)67-43(32-64-47(77)33-70-24-26-71(34-49(80)81)28-30-73(36-51(84)85)31-29-72(27-25-70)35-50(82)83)53(87)66-40(55(90)91)10-7-8-22-62-44(74)19-20-45(75)63-23-9-11-39(54(88)89)65-46(76)18-16-41(56(92)93)68-58(96)69-42(57(94)95)17-21-48(78)79/h12-15,39-43H,7-11,16-36H2,1-6H3,(H,62,74)(H,63,75)(H,64,77)(H,65,76)(H,66,87)(H,67,86)(H,78,79)(H,80,81)(H,82,83)(H,84,85)(H,88,89)(H,90,91)(H,92,93)(H,94,95)(H2,68,69,96)/p-3/t39?,40?,41-,42-,43?/m0/s1. The zero-order valence-electron chi connectivity index (χ0n) is 55.3. The molecule has 37 heteroatoms. The molecule has 0 aliphatic carbocycles. The lowest BCUT2D eigenvalue weighted by Crippen LogP contribution is -2.58. The quantitative estimate of drug-likeness (QED) is 0.0165. The Morgan fingerprint density at radius 2 is 0.825 bits per heavy atom. The average Bonchev–Trinajstić information content (AvgIpc) is 0.749. The molecule has 3 unspecified atom stereocenters. The minimum atomic E-state index is -3.79. The second kappa shape index (κ2) is 41.2. The van der Waals surface area contributed by atoms with Gasteiger partial charge in [0.15, 0.2) is 0 Å². The average molecular weight is 1400 g/mol. The molecule has 0 saturated carbocycles. The van der Waals surface area contributed by atoms with Crippen molar-refractivity contribution in [3.05, 3.63) is 29.8 Å². The highest BCUT2D eigenvalue weighted by atomic mass is 28.4. The second-order valence-corrected chi connectivity index (χ2v) is 30.2. The van der Waals surface area contributed by atoms with Crippen molar-refractivity contribution in [3.8, 4) is 0 Å². The number of amides is 8. The number of nitrogens with one attached hydrogen (secondary N) is 8. The molecule has 0 radical (unpaired) electrons.